The Kier molecular flexibility index (Phi) is 9.00. The van der Waals surface area contributed by atoms with Crippen molar-refractivity contribution in [3.05, 3.63) is 94.3 Å². The summed E-state index contributed by atoms with van der Waals surface area (Å²) in [6.45, 7) is 3.64. The predicted octanol–water partition coefficient (Wildman–Crippen LogP) is 3.63. The summed E-state index contributed by atoms with van der Waals surface area (Å²) < 4.78 is 47.3. The number of rotatable bonds is 10. The van der Waals surface area contributed by atoms with Gasteiger partial charge in [0.05, 0.1) is 22.6 Å². The van der Waals surface area contributed by atoms with Crippen LogP contribution in [0.3, 0.4) is 0 Å². The zero-order chi connectivity index (χ0) is 30.7. The van der Waals surface area contributed by atoms with Gasteiger partial charge in [-0.05, 0) is 55.0 Å². The number of anilines is 1. The minimum absolute atomic E-state index is 0.0276. The molecule has 0 spiro atoms. The van der Waals surface area contributed by atoms with Gasteiger partial charge >= 0.3 is 0 Å². The predicted molar refractivity (Wildman–Crippen MR) is 159 cm³/mol. The van der Waals surface area contributed by atoms with Gasteiger partial charge < -0.3 is 9.64 Å². The van der Waals surface area contributed by atoms with E-state index in [1.807, 2.05) is 6.92 Å². The maximum absolute atomic E-state index is 13.2. The topological polar surface area (TPSA) is 116 Å². The molecular weight excluding hydrogens is 599 g/mol. The number of hydrogen-bond donors (Lipinski definition) is 1. The van der Waals surface area contributed by atoms with E-state index in [9.17, 15) is 27.2 Å². The summed E-state index contributed by atoms with van der Waals surface area (Å²) in [6, 6.07) is 16.9. The van der Waals surface area contributed by atoms with Crippen molar-refractivity contribution in [2.75, 3.05) is 43.3 Å². The Morgan fingerprint density at radius 2 is 1.70 bits per heavy atom. The van der Waals surface area contributed by atoms with Crippen molar-refractivity contribution in [1.29, 1.82) is 0 Å². The number of nitrogens with zero attached hydrogens (tertiary/aromatic N) is 3. The molecule has 3 aromatic carbocycles. The lowest BCUT2D eigenvalue weighted by atomic mass is 10.1. The van der Waals surface area contributed by atoms with E-state index in [0.717, 1.165) is 10.5 Å². The largest absolute Gasteiger partial charge is 0.482 e. The standard InChI is InChI=1S/C30H30ClFN4O6S/c1-20-17-34(18-21-6-9-23(32)10-7-21)12-13-35(20)28(37)19-42-27-11-8-22(31)16-26(27)33-43(40,41)15-14-36-29(38)24-4-2-3-5-25(24)30(36)39/h2-11,16,20,33H,12-15,17-19H2,1H3. The fraction of sp³-hybridized carbons (Fsp3) is 0.300. The minimum atomic E-state index is -4.05. The van der Waals surface area contributed by atoms with Crippen LogP contribution in [-0.4, -0.2) is 85.4 Å². The van der Waals surface area contributed by atoms with E-state index >= 15 is 0 Å². The maximum Gasteiger partial charge on any atom is 0.261 e. The Hall–Kier alpha value is -4.00. The van der Waals surface area contributed by atoms with Crippen molar-refractivity contribution in [3.8, 4) is 5.75 Å². The van der Waals surface area contributed by atoms with E-state index in [1.54, 1.807) is 29.2 Å². The number of carbonyl (C=O) groups excluding carboxylic acids is 3. The van der Waals surface area contributed by atoms with E-state index in [1.165, 1.54) is 42.5 Å². The number of hydrogen-bond acceptors (Lipinski definition) is 7. The van der Waals surface area contributed by atoms with Gasteiger partial charge in [-0.2, -0.15) is 0 Å². The lowest BCUT2D eigenvalue weighted by molar-refractivity contribution is -0.138. The molecule has 226 valence electrons. The molecule has 10 nitrogen and oxygen atoms in total. The smallest absolute Gasteiger partial charge is 0.261 e. The van der Waals surface area contributed by atoms with Crippen LogP contribution in [0.2, 0.25) is 5.02 Å². The van der Waals surface area contributed by atoms with Crippen LogP contribution in [0.15, 0.2) is 66.7 Å². The molecule has 1 atom stereocenters. The van der Waals surface area contributed by atoms with Gasteiger partial charge in [-0.15, -0.1) is 0 Å². The second-order valence-corrected chi connectivity index (χ2v) is 12.7. The third kappa shape index (κ3) is 7.15. The molecule has 1 unspecified atom stereocenters. The molecule has 1 saturated heterocycles. The number of nitrogens with one attached hydrogen (secondary N) is 1. The summed E-state index contributed by atoms with van der Waals surface area (Å²) in [6.07, 6.45) is 0. The Balaban J connectivity index is 1.16. The van der Waals surface area contributed by atoms with Crippen molar-refractivity contribution in [2.45, 2.75) is 19.5 Å². The van der Waals surface area contributed by atoms with E-state index in [0.29, 0.717) is 26.2 Å². The summed E-state index contributed by atoms with van der Waals surface area (Å²) in [4.78, 5) is 43.1. The highest BCUT2D eigenvalue weighted by Gasteiger charge is 2.35. The lowest BCUT2D eigenvalue weighted by Crippen LogP contribution is -2.54. The maximum atomic E-state index is 13.2. The van der Waals surface area contributed by atoms with E-state index < -0.39 is 27.6 Å². The summed E-state index contributed by atoms with van der Waals surface area (Å²) in [7, 11) is -4.05. The van der Waals surface area contributed by atoms with Gasteiger partial charge in [-0.25, -0.2) is 12.8 Å². The van der Waals surface area contributed by atoms with Crippen molar-refractivity contribution in [3.63, 3.8) is 0 Å². The van der Waals surface area contributed by atoms with Crippen LogP contribution < -0.4 is 9.46 Å². The molecule has 2 aliphatic rings. The molecule has 0 bridgehead atoms. The minimum Gasteiger partial charge on any atom is -0.482 e. The Labute approximate surface area is 254 Å². The quantitative estimate of drug-likeness (QED) is 0.341. The first kappa shape index (κ1) is 30.5. The van der Waals surface area contributed by atoms with Gasteiger partial charge in [-0.1, -0.05) is 35.9 Å². The van der Waals surface area contributed by atoms with Gasteiger partial charge in [0, 0.05) is 43.8 Å². The number of benzene rings is 3. The van der Waals surface area contributed by atoms with Gasteiger partial charge in [0.2, 0.25) is 10.0 Å². The van der Waals surface area contributed by atoms with E-state index in [2.05, 4.69) is 9.62 Å². The molecule has 0 aromatic heterocycles. The Morgan fingerprint density at radius 1 is 1.02 bits per heavy atom. The number of ether oxygens (including phenoxy) is 1. The summed E-state index contributed by atoms with van der Waals surface area (Å²) >= 11 is 6.11. The van der Waals surface area contributed by atoms with Gasteiger partial charge in [0.15, 0.2) is 6.61 Å². The number of piperazine rings is 1. The van der Waals surface area contributed by atoms with Crippen molar-refractivity contribution in [2.24, 2.45) is 0 Å². The van der Waals surface area contributed by atoms with E-state index in [-0.39, 0.29) is 58.5 Å². The SMILES string of the molecule is CC1CN(Cc2ccc(F)cc2)CCN1C(=O)COc1ccc(Cl)cc1NS(=O)(=O)CCN1C(=O)c2ccccc2C1=O. The fourth-order valence-corrected chi connectivity index (χ4v) is 6.39. The molecule has 0 saturated carbocycles. The van der Waals surface area contributed by atoms with Crippen LogP contribution in [0.25, 0.3) is 0 Å². The van der Waals surface area contributed by atoms with Gasteiger partial charge in [-0.3, -0.25) is 28.9 Å². The highest BCUT2D eigenvalue weighted by molar-refractivity contribution is 7.92. The average Bonchev–Trinajstić information content (AvgIpc) is 3.21. The molecular formula is C30H30ClFN4O6S. The van der Waals surface area contributed by atoms with Gasteiger partial charge in [0.1, 0.15) is 11.6 Å². The molecule has 2 aliphatic heterocycles. The average molecular weight is 629 g/mol. The number of halogens is 2. The summed E-state index contributed by atoms with van der Waals surface area (Å²) in [5.74, 6) is -2.10. The molecule has 5 rings (SSSR count). The van der Waals surface area contributed by atoms with Crippen LogP contribution in [0.4, 0.5) is 10.1 Å². The number of carbonyl (C=O) groups is 3. The Morgan fingerprint density at radius 3 is 2.35 bits per heavy atom. The van der Waals surface area contributed by atoms with Crippen molar-refractivity contribution < 1.29 is 31.9 Å². The third-order valence-corrected chi connectivity index (χ3v) is 8.86. The molecule has 3 aromatic rings. The summed E-state index contributed by atoms with van der Waals surface area (Å²) in [5, 5.41) is 0.239. The number of sulfonamides is 1. The lowest BCUT2D eigenvalue weighted by Gasteiger charge is -2.39. The zero-order valence-electron chi connectivity index (χ0n) is 23.3. The highest BCUT2D eigenvalue weighted by atomic mass is 35.5. The van der Waals surface area contributed by atoms with Gasteiger partial charge in [0.25, 0.3) is 17.7 Å². The number of fused-ring (bicyclic) bond motifs is 1. The first-order chi connectivity index (χ1) is 20.5. The first-order valence-corrected chi connectivity index (χ1v) is 15.7. The third-order valence-electron chi connectivity index (χ3n) is 7.37. The molecule has 2 heterocycles. The number of imide groups is 1. The normalized spacial score (nSPS) is 17.2. The van der Waals surface area contributed by atoms with Crippen LogP contribution in [0.1, 0.15) is 33.2 Å². The number of amides is 3. The first-order valence-electron chi connectivity index (χ1n) is 13.6. The molecule has 0 radical (unpaired) electrons. The monoisotopic (exact) mass is 628 g/mol. The van der Waals surface area contributed by atoms with Crippen molar-refractivity contribution >= 4 is 45.0 Å². The molecule has 1 fully saturated rings. The molecule has 1 N–H and O–H groups in total. The van der Waals surface area contributed by atoms with Crippen LogP contribution in [0, 0.1) is 5.82 Å². The van der Waals surface area contributed by atoms with Crippen molar-refractivity contribution in [1.82, 2.24) is 14.7 Å². The fourth-order valence-electron chi connectivity index (χ4n) is 5.20. The van der Waals surface area contributed by atoms with Crippen LogP contribution in [-0.2, 0) is 21.4 Å². The summed E-state index contributed by atoms with van der Waals surface area (Å²) in [5.41, 5.74) is 1.48. The highest BCUT2D eigenvalue weighted by Crippen LogP contribution is 2.30. The molecule has 43 heavy (non-hydrogen) atoms. The Bertz CT molecular complexity index is 1620. The van der Waals surface area contributed by atoms with Crippen LogP contribution in [0.5, 0.6) is 5.75 Å². The van der Waals surface area contributed by atoms with E-state index in [4.69, 9.17) is 16.3 Å². The molecule has 3 amide bonds. The molecule has 0 aliphatic carbocycles. The second-order valence-electron chi connectivity index (χ2n) is 10.5. The molecule has 13 heteroatoms. The zero-order valence-corrected chi connectivity index (χ0v) is 24.9. The second kappa shape index (κ2) is 12.7. The van der Waals surface area contributed by atoms with Crippen LogP contribution >= 0.6 is 11.6 Å².